The maximum absolute atomic E-state index is 10.1. The number of methoxy groups -OCH3 is 1. The van der Waals surface area contributed by atoms with E-state index in [1.54, 1.807) is 7.11 Å². The molecule has 1 N–H and O–H groups in total. The van der Waals surface area contributed by atoms with Gasteiger partial charge in [-0.25, -0.2) is 0 Å². The summed E-state index contributed by atoms with van der Waals surface area (Å²) >= 11 is 0. The van der Waals surface area contributed by atoms with E-state index in [2.05, 4.69) is 0 Å². The maximum atomic E-state index is 10.1. The molecule has 0 radical (unpaired) electrons. The van der Waals surface area contributed by atoms with E-state index in [-0.39, 0.29) is 0 Å². The summed E-state index contributed by atoms with van der Waals surface area (Å²) in [4.78, 5) is 0. The molecule has 1 aromatic carbocycles. The third kappa shape index (κ3) is 5.09. The van der Waals surface area contributed by atoms with E-state index in [0.29, 0.717) is 32.0 Å². The second-order valence-corrected chi connectivity index (χ2v) is 4.22. The van der Waals surface area contributed by atoms with Crippen LogP contribution in [0.1, 0.15) is 38.4 Å². The molecule has 0 bridgehead atoms. The zero-order chi connectivity index (χ0) is 14.1. The van der Waals surface area contributed by atoms with Crippen LogP contribution in [0.4, 0.5) is 0 Å². The highest BCUT2D eigenvalue weighted by Crippen LogP contribution is 2.31. The lowest BCUT2D eigenvalue weighted by Crippen LogP contribution is -2.03. The van der Waals surface area contributed by atoms with Gasteiger partial charge >= 0.3 is 0 Å². The van der Waals surface area contributed by atoms with E-state index in [1.807, 2.05) is 32.0 Å². The smallest absolute Gasteiger partial charge is 0.161 e. The Balaban J connectivity index is 2.75. The van der Waals surface area contributed by atoms with Crippen molar-refractivity contribution in [3.8, 4) is 11.5 Å². The molecule has 1 aromatic rings. The first kappa shape index (κ1) is 15.8. The molecule has 0 aliphatic carbocycles. The van der Waals surface area contributed by atoms with Crippen LogP contribution < -0.4 is 9.47 Å². The topological polar surface area (TPSA) is 47.9 Å². The van der Waals surface area contributed by atoms with Crippen molar-refractivity contribution in [2.75, 3.05) is 26.9 Å². The molecular formula is C15H24O4. The van der Waals surface area contributed by atoms with Crippen molar-refractivity contribution < 1.29 is 19.3 Å². The first-order valence-electron chi connectivity index (χ1n) is 6.79. The van der Waals surface area contributed by atoms with E-state index in [4.69, 9.17) is 14.2 Å². The second-order valence-electron chi connectivity index (χ2n) is 4.22. The van der Waals surface area contributed by atoms with Crippen LogP contribution >= 0.6 is 0 Å². The van der Waals surface area contributed by atoms with E-state index < -0.39 is 6.10 Å². The molecule has 0 aromatic heterocycles. The average molecular weight is 268 g/mol. The molecule has 0 amide bonds. The van der Waals surface area contributed by atoms with Gasteiger partial charge in [0.1, 0.15) is 0 Å². The Morgan fingerprint density at radius 1 is 1.11 bits per heavy atom. The average Bonchev–Trinajstić information content (AvgIpc) is 2.41. The number of hydrogen-bond donors (Lipinski definition) is 1. The molecule has 0 aliphatic rings. The Hall–Kier alpha value is -1.26. The summed E-state index contributed by atoms with van der Waals surface area (Å²) in [7, 11) is 1.66. The molecule has 108 valence electrons. The van der Waals surface area contributed by atoms with Gasteiger partial charge in [-0.1, -0.05) is 6.07 Å². The highest BCUT2D eigenvalue weighted by atomic mass is 16.5. The molecule has 4 nitrogen and oxygen atoms in total. The van der Waals surface area contributed by atoms with Crippen molar-refractivity contribution in [1.29, 1.82) is 0 Å². The number of benzene rings is 1. The lowest BCUT2D eigenvalue weighted by atomic mass is 10.0. The fourth-order valence-corrected chi connectivity index (χ4v) is 1.86. The number of aliphatic hydroxyl groups is 1. The van der Waals surface area contributed by atoms with Gasteiger partial charge in [-0.15, -0.1) is 0 Å². The van der Waals surface area contributed by atoms with E-state index >= 15 is 0 Å². The van der Waals surface area contributed by atoms with Crippen molar-refractivity contribution in [3.63, 3.8) is 0 Å². The van der Waals surface area contributed by atoms with Gasteiger partial charge in [0.2, 0.25) is 0 Å². The zero-order valence-electron chi connectivity index (χ0n) is 12.0. The van der Waals surface area contributed by atoms with Crippen molar-refractivity contribution >= 4 is 0 Å². The molecule has 4 heteroatoms. The Labute approximate surface area is 115 Å². The number of ether oxygens (including phenoxy) is 3. The zero-order valence-corrected chi connectivity index (χ0v) is 12.0. The molecular weight excluding hydrogens is 244 g/mol. The fraction of sp³-hybridized carbons (Fsp3) is 0.600. The molecule has 1 atom stereocenters. The molecule has 1 rings (SSSR count). The molecule has 19 heavy (non-hydrogen) atoms. The maximum Gasteiger partial charge on any atom is 0.161 e. The van der Waals surface area contributed by atoms with Gasteiger partial charge in [0.15, 0.2) is 11.5 Å². The van der Waals surface area contributed by atoms with Gasteiger partial charge in [0.05, 0.1) is 19.3 Å². The van der Waals surface area contributed by atoms with Crippen molar-refractivity contribution in [3.05, 3.63) is 23.8 Å². The third-order valence-corrected chi connectivity index (χ3v) is 2.78. The summed E-state index contributed by atoms with van der Waals surface area (Å²) < 4.78 is 16.0. The van der Waals surface area contributed by atoms with Crippen LogP contribution in [0.15, 0.2) is 18.2 Å². The quantitative estimate of drug-likeness (QED) is 0.699. The van der Waals surface area contributed by atoms with Gasteiger partial charge in [0, 0.05) is 13.7 Å². The van der Waals surface area contributed by atoms with Crippen LogP contribution in [0.3, 0.4) is 0 Å². The van der Waals surface area contributed by atoms with Crippen LogP contribution in [0.5, 0.6) is 11.5 Å². The predicted molar refractivity (Wildman–Crippen MR) is 74.8 cm³/mol. The summed E-state index contributed by atoms with van der Waals surface area (Å²) in [5.41, 5.74) is 0.850. The number of aliphatic hydroxyl groups excluding tert-OH is 1. The monoisotopic (exact) mass is 268 g/mol. The first-order chi connectivity index (χ1) is 9.22. The van der Waals surface area contributed by atoms with E-state index in [9.17, 15) is 5.11 Å². The highest BCUT2D eigenvalue weighted by Gasteiger charge is 2.12. The summed E-state index contributed by atoms with van der Waals surface area (Å²) in [6.45, 7) is 5.69. The van der Waals surface area contributed by atoms with Gasteiger partial charge in [0.25, 0.3) is 0 Å². The molecule has 0 fully saturated rings. The van der Waals surface area contributed by atoms with Gasteiger partial charge in [-0.05, 0) is 44.4 Å². The normalized spacial score (nSPS) is 12.2. The van der Waals surface area contributed by atoms with Crippen LogP contribution in [-0.4, -0.2) is 32.0 Å². The number of rotatable bonds is 9. The van der Waals surface area contributed by atoms with Gasteiger partial charge in [-0.2, -0.15) is 0 Å². The van der Waals surface area contributed by atoms with Crippen LogP contribution in [-0.2, 0) is 4.74 Å². The summed E-state index contributed by atoms with van der Waals surface area (Å²) in [6.07, 6.45) is 1.01. The summed E-state index contributed by atoms with van der Waals surface area (Å²) in [5.74, 6) is 1.41. The SMILES string of the molecule is CCOc1ccc(C(O)CCCOC)cc1OCC. The summed E-state index contributed by atoms with van der Waals surface area (Å²) in [5, 5.41) is 10.1. The second kappa shape index (κ2) is 8.77. The van der Waals surface area contributed by atoms with Crippen LogP contribution in [0.2, 0.25) is 0 Å². The standard InChI is InChI=1S/C15H24O4/c1-4-18-14-9-8-12(11-15(14)19-5-2)13(16)7-6-10-17-3/h8-9,11,13,16H,4-7,10H2,1-3H3. The Morgan fingerprint density at radius 3 is 2.42 bits per heavy atom. The molecule has 1 unspecified atom stereocenters. The highest BCUT2D eigenvalue weighted by molar-refractivity contribution is 5.43. The van der Waals surface area contributed by atoms with Crippen molar-refractivity contribution in [1.82, 2.24) is 0 Å². The minimum absolute atomic E-state index is 0.495. The van der Waals surface area contributed by atoms with E-state index in [1.165, 1.54) is 0 Å². The Kier molecular flexibility index (Phi) is 7.30. The minimum Gasteiger partial charge on any atom is -0.490 e. The van der Waals surface area contributed by atoms with E-state index in [0.717, 1.165) is 17.7 Å². The van der Waals surface area contributed by atoms with Crippen LogP contribution in [0.25, 0.3) is 0 Å². The molecule has 0 spiro atoms. The first-order valence-corrected chi connectivity index (χ1v) is 6.79. The Morgan fingerprint density at radius 2 is 1.79 bits per heavy atom. The molecule has 0 saturated carbocycles. The van der Waals surface area contributed by atoms with Crippen LogP contribution in [0, 0.1) is 0 Å². The lowest BCUT2D eigenvalue weighted by molar-refractivity contribution is 0.136. The van der Waals surface area contributed by atoms with Crippen molar-refractivity contribution in [2.24, 2.45) is 0 Å². The molecule has 0 aliphatic heterocycles. The largest absolute Gasteiger partial charge is 0.490 e. The number of hydrogen-bond acceptors (Lipinski definition) is 4. The predicted octanol–water partition coefficient (Wildman–Crippen LogP) is 2.94. The van der Waals surface area contributed by atoms with Crippen molar-refractivity contribution in [2.45, 2.75) is 32.8 Å². The lowest BCUT2D eigenvalue weighted by Gasteiger charge is -2.15. The summed E-state index contributed by atoms with van der Waals surface area (Å²) in [6, 6.07) is 5.58. The Bertz CT molecular complexity index is 365. The van der Waals surface area contributed by atoms with Gasteiger partial charge in [-0.3, -0.25) is 0 Å². The molecule has 0 saturated heterocycles. The minimum atomic E-state index is -0.495. The molecule has 0 heterocycles. The fourth-order valence-electron chi connectivity index (χ4n) is 1.86. The third-order valence-electron chi connectivity index (χ3n) is 2.78. The van der Waals surface area contributed by atoms with Gasteiger partial charge < -0.3 is 19.3 Å².